The zero-order chi connectivity index (χ0) is 18.5. The van der Waals surface area contributed by atoms with Crippen LogP contribution in [0.15, 0.2) is 47.5 Å². The monoisotopic (exact) mass is 488 g/mol. The van der Waals surface area contributed by atoms with Crippen molar-refractivity contribution in [3.63, 3.8) is 0 Å². The number of para-hydroxylation sites is 2. The minimum Gasteiger partial charge on any atom is -0.506 e. The molecule has 0 radical (unpaired) electrons. The molecule has 0 saturated carbocycles. The number of halogens is 3. The second kappa shape index (κ2) is 9.72. The molecule has 1 saturated heterocycles. The molecule has 0 amide bonds. The fourth-order valence-electron chi connectivity index (χ4n) is 3.08. The lowest BCUT2D eigenvalue weighted by Crippen LogP contribution is -2.52. The third-order valence-electron chi connectivity index (χ3n) is 4.46. The van der Waals surface area contributed by atoms with Crippen molar-refractivity contribution >= 4 is 35.6 Å². The predicted molar refractivity (Wildman–Crippen MR) is 114 cm³/mol. The summed E-state index contributed by atoms with van der Waals surface area (Å²) in [6.07, 6.45) is 0. The summed E-state index contributed by atoms with van der Waals surface area (Å²) in [5.74, 6) is 0.00354. The third-order valence-corrected chi connectivity index (χ3v) is 4.46. The van der Waals surface area contributed by atoms with E-state index in [1.165, 1.54) is 6.07 Å². The Morgan fingerprint density at radius 2 is 1.81 bits per heavy atom. The number of phenols is 1. The van der Waals surface area contributed by atoms with Crippen LogP contribution in [0.1, 0.15) is 5.56 Å². The fourth-order valence-corrected chi connectivity index (χ4v) is 3.08. The lowest BCUT2D eigenvalue weighted by molar-refractivity contribution is 0.369. The maximum atomic E-state index is 13.8. The van der Waals surface area contributed by atoms with E-state index in [-0.39, 0.29) is 41.8 Å². The molecule has 1 aliphatic heterocycles. The van der Waals surface area contributed by atoms with E-state index < -0.39 is 11.6 Å². The van der Waals surface area contributed by atoms with E-state index in [2.05, 4.69) is 20.1 Å². The van der Waals surface area contributed by atoms with Gasteiger partial charge in [-0.25, -0.2) is 8.78 Å². The van der Waals surface area contributed by atoms with Gasteiger partial charge in [0.25, 0.3) is 0 Å². The lowest BCUT2D eigenvalue weighted by atomic mass is 10.2. The summed E-state index contributed by atoms with van der Waals surface area (Å²) in [5, 5.41) is 13.1. The van der Waals surface area contributed by atoms with Gasteiger partial charge in [-0.2, -0.15) is 0 Å². The van der Waals surface area contributed by atoms with Gasteiger partial charge < -0.3 is 20.2 Å². The van der Waals surface area contributed by atoms with Gasteiger partial charge in [-0.1, -0.05) is 12.1 Å². The Labute approximate surface area is 174 Å². The van der Waals surface area contributed by atoms with Gasteiger partial charge in [-0.15, -0.1) is 24.0 Å². The Kier molecular flexibility index (Phi) is 7.64. The molecule has 0 aliphatic carbocycles. The molecule has 8 heteroatoms. The smallest absolute Gasteiger partial charge is 0.194 e. The number of hydrogen-bond donors (Lipinski definition) is 2. The first-order valence-corrected chi connectivity index (χ1v) is 8.51. The van der Waals surface area contributed by atoms with Crippen molar-refractivity contribution in [2.75, 3.05) is 38.1 Å². The summed E-state index contributed by atoms with van der Waals surface area (Å²) in [5.41, 5.74) is 1.08. The number of nitrogens with zero attached hydrogens (tertiary/aromatic N) is 3. The van der Waals surface area contributed by atoms with Crippen LogP contribution in [0.3, 0.4) is 0 Å². The quantitative estimate of drug-likeness (QED) is 0.396. The normalized spacial score (nSPS) is 14.7. The van der Waals surface area contributed by atoms with Crippen molar-refractivity contribution in [1.29, 1.82) is 0 Å². The van der Waals surface area contributed by atoms with Gasteiger partial charge in [0.05, 0.1) is 5.69 Å². The minimum absolute atomic E-state index is 0. The van der Waals surface area contributed by atoms with Gasteiger partial charge in [-0.3, -0.25) is 4.99 Å². The average molecular weight is 488 g/mol. The summed E-state index contributed by atoms with van der Waals surface area (Å²) in [6, 6.07) is 10.7. The van der Waals surface area contributed by atoms with E-state index in [9.17, 15) is 13.9 Å². The Hall–Kier alpha value is -2.10. The van der Waals surface area contributed by atoms with E-state index in [1.807, 2.05) is 12.1 Å². The zero-order valence-corrected chi connectivity index (χ0v) is 17.4. The molecular formula is C19H23F2IN4O. The van der Waals surface area contributed by atoms with Crippen LogP contribution >= 0.6 is 24.0 Å². The number of hydrogen-bond acceptors (Lipinski definition) is 3. The average Bonchev–Trinajstić information content (AvgIpc) is 2.66. The molecule has 0 spiro atoms. The molecule has 2 aromatic carbocycles. The molecule has 27 heavy (non-hydrogen) atoms. The van der Waals surface area contributed by atoms with Crippen LogP contribution < -0.4 is 10.2 Å². The number of anilines is 1. The molecule has 3 rings (SSSR count). The van der Waals surface area contributed by atoms with Crippen LogP contribution in [0.2, 0.25) is 0 Å². The number of benzene rings is 2. The van der Waals surface area contributed by atoms with Crippen molar-refractivity contribution in [1.82, 2.24) is 10.2 Å². The van der Waals surface area contributed by atoms with Gasteiger partial charge in [0.1, 0.15) is 17.4 Å². The van der Waals surface area contributed by atoms with E-state index in [1.54, 1.807) is 19.2 Å². The Morgan fingerprint density at radius 1 is 1.11 bits per heavy atom. The Balaban J connectivity index is 0.00000261. The topological polar surface area (TPSA) is 51.1 Å². The van der Waals surface area contributed by atoms with Crippen LogP contribution in [-0.4, -0.2) is 49.2 Å². The maximum Gasteiger partial charge on any atom is 0.194 e. The Bertz CT molecular complexity index is 795. The highest BCUT2D eigenvalue weighted by molar-refractivity contribution is 14.0. The summed E-state index contributed by atoms with van der Waals surface area (Å²) < 4.78 is 27.0. The summed E-state index contributed by atoms with van der Waals surface area (Å²) in [7, 11) is 1.67. The number of rotatable bonds is 3. The van der Waals surface area contributed by atoms with E-state index in [0.717, 1.165) is 30.9 Å². The first kappa shape index (κ1) is 21.2. The van der Waals surface area contributed by atoms with Gasteiger partial charge in [0.15, 0.2) is 5.96 Å². The second-order valence-corrected chi connectivity index (χ2v) is 6.10. The second-order valence-electron chi connectivity index (χ2n) is 6.10. The van der Waals surface area contributed by atoms with Gasteiger partial charge >= 0.3 is 0 Å². The highest BCUT2D eigenvalue weighted by atomic mass is 127. The van der Waals surface area contributed by atoms with Gasteiger partial charge in [0, 0.05) is 45.3 Å². The molecule has 2 N–H and O–H groups in total. The standard InChI is InChI=1S/C19H22F2N4O.HI/c1-22-19(23-13-14-12-15(20)6-7-16(14)21)25-10-8-24(9-11-25)17-4-2-3-5-18(17)26;/h2-7,12,26H,8-11,13H2,1H3,(H,22,23);1H. The summed E-state index contributed by atoms with van der Waals surface area (Å²) >= 11 is 0. The lowest BCUT2D eigenvalue weighted by Gasteiger charge is -2.37. The van der Waals surface area contributed by atoms with Crippen LogP contribution in [0, 0.1) is 11.6 Å². The molecule has 1 heterocycles. The third kappa shape index (κ3) is 5.21. The number of phenolic OH excluding ortho intramolecular Hbond substituents is 1. The van der Waals surface area contributed by atoms with Crippen LogP contribution in [0.25, 0.3) is 0 Å². The molecule has 0 unspecified atom stereocenters. The SMILES string of the molecule is CN=C(NCc1cc(F)ccc1F)N1CCN(c2ccccc2O)CC1.I. The van der Waals surface area contributed by atoms with Crippen LogP contribution in [-0.2, 0) is 6.54 Å². The number of nitrogens with one attached hydrogen (secondary N) is 1. The van der Waals surface area contributed by atoms with E-state index in [4.69, 9.17) is 0 Å². The van der Waals surface area contributed by atoms with Crippen molar-refractivity contribution in [2.24, 2.45) is 4.99 Å². The first-order valence-electron chi connectivity index (χ1n) is 8.51. The van der Waals surface area contributed by atoms with Gasteiger partial charge in [0.2, 0.25) is 0 Å². The van der Waals surface area contributed by atoms with E-state index >= 15 is 0 Å². The summed E-state index contributed by atoms with van der Waals surface area (Å²) in [6.45, 7) is 3.04. The number of aromatic hydroxyl groups is 1. The Morgan fingerprint density at radius 3 is 2.48 bits per heavy atom. The molecule has 0 atom stereocenters. The molecule has 0 aromatic heterocycles. The number of guanidine groups is 1. The molecular weight excluding hydrogens is 465 g/mol. The van der Waals surface area contributed by atoms with Gasteiger partial charge in [-0.05, 0) is 30.3 Å². The maximum absolute atomic E-state index is 13.8. The fraction of sp³-hybridized carbons (Fsp3) is 0.316. The number of aliphatic imine (C=N–C) groups is 1. The highest BCUT2D eigenvalue weighted by Crippen LogP contribution is 2.27. The van der Waals surface area contributed by atoms with Crippen LogP contribution in [0.5, 0.6) is 5.75 Å². The molecule has 1 fully saturated rings. The van der Waals surface area contributed by atoms with Crippen molar-refractivity contribution in [2.45, 2.75) is 6.54 Å². The van der Waals surface area contributed by atoms with Crippen molar-refractivity contribution in [3.05, 3.63) is 59.7 Å². The zero-order valence-electron chi connectivity index (χ0n) is 15.0. The van der Waals surface area contributed by atoms with Crippen molar-refractivity contribution in [3.8, 4) is 5.75 Å². The molecule has 5 nitrogen and oxygen atoms in total. The van der Waals surface area contributed by atoms with Crippen LogP contribution in [0.4, 0.5) is 14.5 Å². The molecule has 146 valence electrons. The largest absolute Gasteiger partial charge is 0.506 e. The first-order chi connectivity index (χ1) is 12.6. The minimum atomic E-state index is -0.463. The summed E-state index contributed by atoms with van der Waals surface area (Å²) in [4.78, 5) is 8.42. The van der Waals surface area contributed by atoms with Crippen molar-refractivity contribution < 1.29 is 13.9 Å². The number of piperazine rings is 1. The molecule has 0 bridgehead atoms. The predicted octanol–water partition coefficient (Wildman–Crippen LogP) is 3.19. The molecule has 2 aromatic rings. The molecule has 1 aliphatic rings. The highest BCUT2D eigenvalue weighted by Gasteiger charge is 2.21. The van der Waals surface area contributed by atoms with E-state index in [0.29, 0.717) is 19.0 Å².